The second-order valence-corrected chi connectivity index (χ2v) is 8.30. The van der Waals surface area contributed by atoms with Crippen LogP contribution in [0.2, 0.25) is 0 Å². The van der Waals surface area contributed by atoms with Crippen molar-refractivity contribution in [2.75, 3.05) is 18.6 Å². The molecule has 1 saturated carbocycles. The summed E-state index contributed by atoms with van der Waals surface area (Å²) in [6.07, 6.45) is 7.11. The summed E-state index contributed by atoms with van der Waals surface area (Å²) in [5, 5.41) is 2.80. The van der Waals surface area contributed by atoms with E-state index in [-0.39, 0.29) is 16.6 Å². The maximum atomic E-state index is 12.4. The van der Waals surface area contributed by atoms with Gasteiger partial charge in [-0.25, -0.2) is 8.42 Å². The van der Waals surface area contributed by atoms with Crippen molar-refractivity contribution in [2.24, 2.45) is 11.1 Å². The van der Waals surface area contributed by atoms with Gasteiger partial charge in [-0.3, -0.25) is 4.79 Å². The van der Waals surface area contributed by atoms with E-state index in [1.165, 1.54) is 6.26 Å². The van der Waals surface area contributed by atoms with E-state index in [9.17, 15) is 13.2 Å². The van der Waals surface area contributed by atoms with Crippen LogP contribution in [0, 0.1) is 5.41 Å². The van der Waals surface area contributed by atoms with Crippen molar-refractivity contribution in [3.05, 3.63) is 0 Å². The molecule has 0 aromatic carbocycles. The summed E-state index contributed by atoms with van der Waals surface area (Å²) in [6.45, 7) is 0.344. The number of carbonyl (C=O) groups is 1. The summed E-state index contributed by atoms with van der Waals surface area (Å²) in [6, 6.07) is 0. The third-order valence-corrected chi connectivity index (χ3v) is 5.26. The average molecular weight is 320 g/mol. The van der Waals surface area contributed by atoms with Gasteiger partial charge in [-0.05, 0) is 19.3 Å². The topological polar surface area (TPSA) is 89.3 Å². The van der Waals surface area contributed by atoms with Crippen molar-refractivity contribution in [1.82, 2.24) is 5.32 Å². The Labute approximate surface area is 126 Å². The van der Waals surface area contributed by atoms with Crippen LogP contribution in [0.15, 0.2) is 0 Å². The number of nitrogens with two attached hydrogens (primary N) is 1. The lowest BCUT2D eigenvalue weighted by molar-refractivity contribution is -0.128. The number of rotatable bonds is 6. The SMILES string of the molecule is CS(=O)(=O)CCCNC(=O)C1(C(N)=S)CCCCCC1. The van der Waals surface area contributed by atoms with E-state index < -0.39 is 15.3 Å². The number of sulfone groups is 1. The van der Waals surface area contributed by atoms with E-state index in [0.717, 1.165) is 25.7 Å². The molecule has 1 aliphatic rings. The van der Waals surface area contributed by atoms with Gasteiger partial charge in [0.2, 0.25) is 5.91 Å². The minimum atomic E-state index is -2.99. The number of amides is 1. The number of nitrogens with one attached hydrogen (secondary N) is 1. The van der Waals surface area contributed by atoms with E-state index in [1.807, 2.05) is 0 Å². The molecule has 7 heteroatoms. The van der Waals surface area contributed by atoms with Gasteiger partial charge in [0.25, 0.3) is 0 Å². The van der Waals surface area contributed by atoms with Crippen molar-refractivity contribution >= 4 is 33.0 Å². The molecule has 1 rings (SSSR count). The Morgan fingerprint density at radius 1 is 1.25 bits per heavy atom. The molecular weight excluding hydrogens is 296 g/mol. The van der Waals surface area contributed by atoms with Crippen LogP contribution in [0.3, 0.4) is 0 Å². The van der Waals surface area contributed by atoms with Crippen molar-refractivity contribution in [2.45, 2.75) is 44.9 Å². The Morgan fingerprint density at radius 3 is 2.25 bits per heavy atom. The average Bonchev–Trinajstić information content (AvgIpc) is 2.59. The van der Waals surface area contributed by atoms with Crippen molar-refractivity contribution in [3.63, 3.8) is 0 Å². The molecule has 3 N–H and O–H groups in total. The quantitative estimate of drug-likeness (QED) is 0.435. The van der Waals surface area contributed by atoms with Crippen molar-refractivity contribution in [3.8, 4) is 0 Å². The van der Waals surface area contributed by atoms with E-state index >= 15 is 0 Å². The fourth-order valence-corrected chi connectivity index (χ4v) is 3.59. The molecule has 0 unspecified atom stereocenters. The molecule has 0 bridgehead atoms. The van der Waals surface area contributed by atoms with Crippen molar-refractivity contribution < 1.29 is 13.2 Å². The Morgan fingerprint density at radius 2 is 1.80 bits per heavy atom. The molecule has 20 heavy (non-hydrogen) atoms. The standard InChI is InChI=1S/C13H24N2O3S2/c1-20(17,18)10-6-9-15-12(16)13(11(14)19)7-4-2-3-5-8-13/h2-10H2,1H3,(H2,14,19)(H,15,16). The van der Waals surface area contributed by atoms with Crippen LogP contribution in [0.4, 0.5) is 0 Å². The lowest BCUT2D eigenvalue weighted by Gasteiger charge is -2.30. The summed E-state index contributed by atoms with van der Waals surface area (Å²) in [7, 11) is -2.99. The third kappa shape index (κ3) is 5.01. The van der Waals surface area contributed by atoms with Crippen LogP contribution in [-0.4, -0.2) is 37.9 Å². The second-order valence-electron chi connectivity index (χ2n) is 5.60. The highest BCUT2D eigenvalue weighted by Gasteiger charge is 2.41. The maximum Gasteiger partial charge on any atom is 0.233 e. The van der Waals surface area contributed by atoms with Gasteiger partial charge in [0, 0.05) is 12.8 Å². The smallest absolute Gasteiger partial charge is 0.233 e. The van der Waals surface area contributed by atoms with Gasteiger partial charge in [0.05, 0.1) is 16.2 Å². The fourth-order valence-electron chi connectivity index (χ4n) is 2.62. The first-order valence-corrected chi connectivity index (χ1v) is 9.51. The van der Waals surface area contributed by atoms with Gasteiger partial charge in [-0.15, -0.1) is 0 Å². The number of carbonyl (C=O) groups excluding carboxylic acids is 1. The highest BCUT2D eigenvalue weighted by molar-refractivity contribution is 7.90. The predicted molar refractivity (Wildman–Crippen MR) is 84.3 cm³/mol. The Kier molecular flexibility index (Phi) is 6.39. The maximum absolute atomic E-state index is 12.4. The molecule has 0 heterocycles. The predicted octanol–water partition coefficient (Wildman–Crippen LogP) is 1.16. The fraction of sp³-hybridized carbons (Fsp3) is 0.846. The molecule has 1 amide bonds. The number of hydrogen-bond acceptors (Lipinski definition) is 4. The van der Waals surface area contributed by atoms with Crippen LogP contribution in [0.25, 0.3) is 0 Å². The molecule has 0 aromatic heterocycles. The Bertz CT molecular complexity index is 452. The first-order chi connectivity index (χ1) is 9.28. The highest BCUT2D eigenvalue weighted by atomic mass is 32.2. The molecule has 0 saturated heterocycles. The van der Waals surface area contributed by atoms with Crippen LogP contribution in [-0.2, 0) is 14.6 Å². The number of hydrogen-bond donors (Lipinski definition) is 2. The number of thiocarbonyl (C=S) groups is 1. The molecular formula is C13H24N2O3S2. The molecule has 0 atom stereocenters. The molecule has 0 spiro atoms. The largest absolute Gasteiger partial charge is 0.392 e. The van der Waals surface area contributed by atoms with E-state index in [4.69, 9.17) is 18.0 Å². The van der Waals surface area contributed by atoms with Crippen LogP contribution in [0.1, 0.15) is 44.9 Å². The highest BCUT2D eigenvalue weighted by Crippen LogP contribution is 2.35. The van der Waals surface area contributed by atoms with E-state index in [2.05, 4.69) is 5.32 Å². The van der Waals surface area contributed by atoms with Crippen LogP contribution in [0.5, 0.6) is 0 Å². The third-order valence-electron chi connectivity index (χ3n) is 3.84. The summed E-state index contributed by atoms with van der Waals surface area (Å²) in [4.78, 5) is 12.7. The zero-order chi connectivity index (χ0) is 15.2. The Hall–Kier alpha value is -0.690. The zero-order valence-corrected chi connectivity index (χ0v) is 13.6. The van der Waals surface area contributed by atoms with Crippen molar-refractivity contribution in [1.29, 1.82) is 0 Å². The summed E-state index contributed by atoms with van der Waals surface area (Å²) < 4.78 is 22.1. The molecule has 116 valence electrons. The van der Waals surface area contributed by atoms with Gasteiger partial charge >= 0.3 is 0 Å². The normalized spacial score (nSPS) is 19.1. The minimum Gasteiger partial charge on any atom is -0.392 e. The summed E-state index contributed by atoms with van der Waals surface area (Å²) in [5.74, 6) is -0.0618. The van der Waals surface area contributed by atoms with Gasteiger partial charge in [0.15, 0.2) is 0 Å². The molecule has 1 aliphatic carbocycles. The lowest BCUT2D eigenvalue weighted by Crippen LogP contribution is -2.49. The van der Waals surface area contributed by atoms with Gasteiger partial charge in [-0.2, -0.15) is 0 Å². The van der Waals surface area contributed by atoms with Gasteiger partial charge in [-0.1, -0.05) is 37.9 Å². The minimum absolute atomic E-state index is 0.0767. The van der Waals surface area contributed by atoms with Gasteiger partial charge < -0.3 is 11.1 Å². The zero-order valence-electron chi connectivity index (χ0n) is 12.0. The lowest BCUT2D eigenvalue weighted by atomic mass is 9.79. The first-order valence-electron chi connectivity index (χ1n) is 7.04. The molecule has 0 aromatic rings. The Balaban J connectivity index is 2.58. The monoisotopic (exact) mass is 320 g/mol. The molecule has 0 aliphatic heterocycles. The van der Waals surface area contributed by atoms with Crippen LogP contribution >= 0.6 is 12.2 Å². The van der Waals surface area contributed by atoms with Crippen LogP contribution < -0.4 is 11.1 Å². The molecule has 0 radical (unpaired) electrons. The molecule has 1 fully saturated rings. The summed E-state index contributed by atoms with van der Waals surface area (Å²) >= 11 is 5.12. The van der Waals surface area contributed by atoms with E-state index in [0.29, 0.717) is 25.8 Å². The first kappa shape index (κ1) is 17.4. The van der Waals surface area contributed by atoms with Gasteiger partial charge in [0.1, 0.15) is 9.84 Å². The summed E-state index contributed by atoms with van der Waals surface area (Å²) in [5.41, 5.74) is 5.08. The van der Waals surface area contributed by atoms with E-state index in [1.54, 1.807) is 0 Å². The second kappa shape index (κ2) is 7.36. The molecule has 5 nitrogen and oxygen atoms in total.